The standard InChI is InChI=1S/C18H14F2N2O2S/c1-24-15-6-2-12(3-7-15)10-13(11-21)17(23)22-14-4-8-16(9-5-14)25-18(19)20/h2-10,18H,1H3,(H,22,23)/b13-10+. The van der Waals surface area contributed by atoms with Crippen molar-refractivity contribution in [2.45, 2.75) is 10.7 Å². The summed E-state index contributed by atoms with van der Waals surface area (Å²) in [6.45, 7) is 0. The Morgan fingerprint density at radius 1 is 1.20 bits per heavy atom. The van der Waals surface area contributed by atoms with E-state index < -0.39 is 11.7 Å². The van der Waals surface area contributed by atoms with Gasteiger partial charge in [0.15, 0.2) is 0 Å². The van der Waals surface area contributed by atoms with Crippen LogP contribution in [-0.2, 0) is 4.79 Å². The third kappa shape index (κ3) is 5.62. The first-order valence-corrected chi connectivity index (χ1v) is 8.02. The lowest BCUT2D eigenvalue weighted by atomic mass is 10.1. The number of thioether (sulfide) groups is 1. The van der Waals surface area contributed by atoms with Gasteiger partial charge >= 0.3 is 0 Å². The Morgan fingerprint density at radius 3 is 2.36 bits per heavy atom. The molecule has 25 heavy (non-hydrogen) atoms. The molecule has 1 amide bonds. The number of amides is 1. The number of ether oxygens (including phenoxy) is 1. The van der Waals surface area contributed by atoms with Gasteiger partial charge in [0.05, 0.1) is 7.11 Å². The number of carbonyl (C=O) groups excluding carboxylic acids is 1. The van der Waals surface area contributed by atoms with Crippen LogP contribution in [0.2, 0.25) is 0 Å². The number of nitrogens with zero attached hydrogens (tertiary/aromatic N) is 1. The molecule has 4 nitrogen and oxygen atoms in total. The second-order valence-corrected chi connectivity index (χ2v) is 5.86. The maximum absolute atomic E-state index is 12.3. The first-order chi connectivity index (χ1) is 12.0. The summed E-state index contributed by atoms with van der Waals surface area (Å²) in [7, 11) is 1.55. The molecule has 0 bridgehead atoms. The van der Waals surface area contributed by atoms with E-state index in [1.54, 1.807) is 31.4 Å². The Kier molecular flexibility index (Phi) is 6.54. The van der Waals surface area contributed by atoms with E-state index >= 15 is 0 Å². The molecule has 0 unspecified atom stereocenters. The quantitative estimate of drug-likeness (QED) is 0.466. The summed E-state index contributed by atoms with van der Waals surface area (Å²) in [6, 6.07) is 14.7. The van der Waals surface area contributed by atoms with Gasteiger partial charge in [-0.25, -0.2) is 0 Å². The minimum absolute atomic E-state index is 0.0730. The number of hydrogen-bond acceptors (Lipinski definition) is 4. The van der Waals surface area contributed by atoms with Gasteiger partial charge in [0.2, 0.25) is 0 Å². The first kappa shape index (κ1) is 18.5. The van der Waals surface area contributed by atoms with E-state index in [2.05, 4.69) is 5.32 Å². The molecule has 0 saturated heterocycles. The lowest BCUT2D eigenvalue weighted by Crippen LogP contribution is -2.13. The maximum Gasteiger partial charge on any atom is 0.288 e. The van der Waals surface area contributed by atoms with Crippen LogP contribution < -0.4 is 10.1 Å². The third-order valence-corrected chi connectivity index (χ3v) is 3.85. The van der Waals surface area contributed by atoms with Gasteiger partial charge < -0.3 is 10.1 Å². The molecule has 0 aromatic heterocycles. The van der Waals surface area contributed by atoms with Crippen molar-refractivity contribution in [2.75, 3.05) is 12.4 Å². The smallest absolute Gasteiger partial charge is 0.288 e. The van der Waals surface area contributed by atoms with Crippen molar-refractivity contribution in [1.29, 1.82) is 5.26 Å². The van der Waals surface area contributed by atoms with Crippen LogP contribution >= 0.6 is 11.8 Å². The van der Waals surface area contributed by atoms with Crippen molar-refractivity contribution in [3.8, 4) is 11.8 Å². The van der Waals surface area contributed by atoms with Crippen LogP contribution in [0.3, 0.4) is 0 Å². The maximum atomic E-state index is 12.3. The fourth-order valence-corrected chi connectivity index (χ4v) is 2.43. The van der Waals surface area contributed by atoms with E-state index in [0.29, 0.717) is 33.7 Å². The molecule has 0 aliphatic rings. The predicted octanol–water partition coefficient (Wildman–Crippen LogP) is 4.56. The third-order valence-electron chi connectivity index (χ3n) is 3.13. The Balaban J connectivity index is 2.08. The van der Waals surface area contributed by atoms with Crippen LogP contribution in [0, 0.1) is 11.3 Å². The summed E-state index contributed by atoms with van der Waals surface area (Å²) in [6.07, 6.45) is 1.45. The fourth-order valence-electron chi connectivity index (χ4n) is 1.93. The van der Waals surface area contributed by atoms with Crippen molar-refractivity contribution < 1.29 is 18.3 Å². The highest BCUT2D eigenvalue weighted by Gasteiger charge is 2.10. The fraction of sp³-hybridized carbons (Fsp3) is 0.111. The molecule has 0 fully saturated rings. The molecular weight excluding hydrogens is 346 g/mol. The van der Waals surface area contributed by atoms with Crippen molar-refractivity contribution in [2.24, 2.45) is 0 Å². The molecular formula is C18H14F2N2O2S. The normalized spacial score (nSPS) is 11.1. The number of nitriles is 1. The number of benzene rings is 2. The number of alkyl halides is 2. The van der Waals surface area contributed by atoms with E-state index in [9.17, 15) is 18.8 Å². The molecule has 7 heteroatoms. The highest BCUT2D eigenvalue weighted by atomic mass is 32.2. The van der Waals surface area contributed by atoms with Crippen LogP contribution in [0.1, 0.15) is 5.56 Å². The van der Waals surface area contributed by atoms with Gasteiger partial charge in [-0.15, -0.1) is 0 Å². The van der Waals surface area contributed by atoms with Gasteiger partial charge in [0, 0.05) is 10.6 Å². The number of nitrogens with one attached hydrogen (secondary N) is 1. The van der Waals surface area contributed by atoms with Crippen molar-refractivity contribution in [3.05, 3.63) is 59.7 Å². The predicted molar refractivity (Wildman–Crippen MR) is 93.5 cm³/mol. The Labute approximate surface area is 148 Å². The number of hydrogen-bond donors (Lipinski definition) is 1. The molecule has 0 spiro atoms. The van der Waals surface area contributed by atoms with Crippen molar-refractivity contribution in [1.82, 2.24) is 0 Å². The summed E-state index contributed by atoms with van der Waals surface area (Å²) in [4.78, 5) is 12.6. The number of halogens is 2. The lowest BCUT2D eigenvalue weighted by Gasteiger charge is -2.06. The Bertz CT molecular complexity index is 797. The molecule has 0 saturated carbocycles. The number of methoxy groups -OCH3 is 1. The SMILES string of the molecule is COc1ccc(/C=C(\C#N)C(=O)Nc2ccc(SC(F)F)cc2)cc1. The summed E-state index contributed by atoms with van der Waals surface area (Å²) in [5.41, 5.74) is 1.02. The van der Waals surface area contributed by atoms with Crippen LogP contribution in [-0.4, -0.2) is 18.8 Å². The first-order valence-electron chi connectivity index (χ1n) is 7.14. The number of rotatable bonds is 6. The van der Waals surface area contributed by atoms with Gasteiger partial charge in [-0.3, -0.25) is 4.79 Å². The second kappa shape index (κ2) is 8.85. The average molecular weight is 360 g/mol. The molecule has 1 N–H and O–H groups in total. The minimum atomic E-state index is -2.50. The molecule has 0 atom stereocenters. The van der Waals surface area contributed by atoms with Gasteiger partial charge in [-0.1, -0.05) is 23.9 Å². The Morgan fingerprint density at radius 2 is 1.84 bits per heavy atom. The van der Waals surface area contributed by atoms with Crippen LogP contribution in [0.5, 0.6) is 5.75 Å². The Hall–Kier alpha value is -2.85. The van der Waals surface area contributed by atoms with E-state index in [0.717, 1.165) is 0 Å². The highest BCUT2D eigenvalue weighted by Crippen LogP contribution is 2.26. The number of carbonyl (C=O) groups is 1. The summed E-state index contributed by atoms with van der Waals surface area (Å²) >= 11 is 0.422. The van der Waals surface area contributed by atoms with Crippen molar-refractivity contribution >= 4 is 29.4 Å². The van der Waals surface area contributed by atoms with Gasteiger partial charge in [0.25, 0.3) is 11.7 Å². The largest absolute Gasteiger partial charge is 0.497 e. The zero-order chi connectivity index (χ0) is 18.2. The zero-order valence-corrected chi connectivity index (χ0v) is 14.0. The van der Waals surface area contributed by atoms with Crippen LogP contribution in [0.25, 0.3) is 6.08 Å². The zero-order valence-electron chi connectivity index (χ0n) is 13.2. The topological polar surface area (TPSA) is 62.1 Å². The molecule has 128 valence electrons. The number of anilines is 1. The molecule has 0 aliphatic heterocycles. The van der Waals surface area contributed by atoms with E-state index in [1.165, 1.54) is 30.3 Å². The lowest BCUT2D eigenvalue weighted by molar-refractivity contribution is -0.112. The average Bonchev–Trinajstić information content (AvgIpc) is 2.61. The van der Waals surface area contributed by atoms with Gasteiger partial charge in [-0.05, 0) is 48.0 Å². The molecule has 2 aromatic carbocycles. The summed E-state index contributed by atoms with van der Waals surface area (Å²) in [5, 5.41) is 11.8. The summed E-state index contributed by atoms with van der Waals surface area (Å²) in [5.74, 6) is -2.41. The highest BCUT2D eigenvalue weighted by molar-refractivity contribution is 7.99. The van der Waals surface area contributed by atoms with Crippen LogP contribution in [0.15, 0.2) is 59.0 Å². The van der Waals surface area contributed by atoms with Crippen LogP contribution in [0.4, 0.5) is 14.5 Å². The summed E-state index contributed by atoms with van der Waals surface area (Å²) < 4.78 is 29.6. The molecule has 2 aromatic rings. The molecule has 0 radical (unpaired) electrons. The van der Waals surface area contributed by atoms with Crippen molar-refractivity contribution in [3.63, 3.8) is 0 Å². The second-order valence-electron chi connectivity index (χ2n) is 4.80. The monoisotopic (exact) mass is 360 g/mol. The molecule has 0 aliphatic carbocycles. The minimum Gasteiger partial charge on any atom is -0.497 e. The van der Waals surface area contributed by atoms with E-state index in [-0.39, 0.29) is 5.57 Å². The van der Waals surface area contributed by atoms with E-state index in [1.807, 2.05) is 6.07 Å². The molecule has 2 rings (SSSR count). The molecule has 0 heterocycles. The van der Waals surface area contributed by atoms with Gasteiger partial charge in [-0.2, -0.15) is 14.0 Å². The van der Waals surface area contributed by atoms with E-state index in [4.69, 9.17) is 4.74 Å². The van der Waals surface area contributed by atoms with Gasteiger partial charge in [0.1, 0.15) is 17.4 Å².